The molecule has 2 N–H and O–H groups in total. The van der Waals surface area contributed by atoms with E-state index in [4.69, 9.17) is 23.8 Å². The first kappa shape index (κ1) is 17.5. The number of thiocarbonyl (C=S) groups is 1. The minimum Gasteiger partial charge on any atom is -0.332 e. The molecule has 0 bridgehead atoms. The van der Waals surface area contributed by atoms with Gasteiger partial charge in [0.05, 0.1) is 11.3 Å². The van der Waals surface area contributed by atoms with Crippen molar-refractivity contribution in [2.75, 3.05) is 10.6 Å². The van der Waals surface area contributed by atoms with Gasteiger partial charge in [-0.1, -0.05) is 17.7 Å². The van der Waals surface area contributed by atoms with Gasteiger partial charge in [0, 0.05) is 10.7 Å². The number of hydrogen-bond donors (Lipinski definition) is 2. The molecule has 23 heavy (non-hydrogen) atoms. The van der Waals surface area contributed by atoms with Crippen molar-refractivity contribution in [1.29, 1.82) is 0 Å². The molecule has 0 radical (unpaired) electrons. The van der Waals surface area contributed by atoms with Gasteiger partial charge in [0.2, 0.25) is 0 Å². The van der Waals surface area contributed by atoms with Crippen LogP contribution >= 0.6 is 23.8 Å². The molecule has 0 amide bonds. The van der Waals surface area contributed by atoms with Crippen molar-refractivity contribution in [3.8, 4) is 0 Å². The van der Waals surface area contributed by atoms with Crippen LogP contribution in [0.2, 0.25) is 5.02 Å². The number of halogens is 5. The molecule has 8 heteroatoms. The van der Waals surface area contributed by atoms with E-state index >= 15 is 0 Å². The van der Waals surface area contributed by atoms with Crippen LogP contribution in [-0.2, 0) is 6.18 Å². The molecule has 0 saturated heterocycles. The number of rotatable bonds is 2. The van der Waals surface area contributed by atoms with Gasteiger partial charge in [0.1, 0.15) is 5.82 Å². The predicted molar refractivity (Wildman–Crippen MR) is 87.4 cm³/mol. The van der Waals surface area contributed by atoms with Crippen LogP contribution in [0.4, 0.5) is 28.9 Å². The predicted octanol–water partition coefficient (Wildman–Crippen LogP) is 5.62. The number of hydrogen-bond acceptors (Lipinski definition) is 1. The molecule has 2 rings (SSSR count). The molecule has 0 aliphatic heterocycles. The van der Waals surface area contributed by atoms with Gasteiger partial charge in [-0.25, -0.2) is 4.39 Å². The zero-order valence-corrected chi connectivity index (χ0v) is 13.3. The van der Waals surface area contributed by atoms with E-state index in [1.54, 1.807) is 13.0 Å². The molecule has 122 valence electrons. The molecule has 0 aromatic heterocycles. The van der Waals surface area contributed by atoms with E-state index in [2.05, 4.69) is 10.6 Å². The summed E-state index contributed by atoms with van der Waals surface area (Å²) in [6.07, 6.45) is -4.58. The van der Waals surface area contributed by atoms with Crippen LogP contribution in [0, 0.1) is 12.7 Å². The van der Waals surface area contributed by atoms with Gasteiger partial charge in [-0.15, -0.1) is 0 Å². The van der Waals surface area contributed by atoms with Crippen LogP contribution < -0.4 is 10.6 Å². The smallest absolute Gasteiger partial charge is 0.332 e. The average Bonchev–Trinajstić information content (AvgIpc) is 2.44. The van der Waals surface area contributed by atoms with Crippen molar-refractivity contribution in [1.82, 2.24) is 0 Å². The van der Waals surface area contributed by atoms with Gasteiger partial charge in [-0.2, -0.15) is 13.2 Å². The molecule has 0 fully saturated rings. The summed E-state index contributed by atoms with van der Waals surface area (Å²) in [5, 5.41) is 4.94. The van der Waals surface area contributed by atoms with Gasteiger partial charge in [-0.3, -0.25) is 0 Å². The van der Waals surface area contributed by atoms with Crippen molar-refractivity contribution < 1.29 is 17.6 Å². The van der Waals surface area contributed by atoms with Crippen molar-refractivity contribution in [2.24, 2.45) is 0 Å². The molecular formula is C15H11ClF4N2S. The third kappa shape index (κ3) is 4.56. The van der Waals surface area contributed by atoms with E-state index in [-0.39, 0.29) is 15.8 Å². The van der Waals surface area contributed by atoms with E-state index in [1.165, 1.54) is 24.3 Å². The number of nitrogens with one attached hydrogen (secondary N) is 2. The molecule has 2 aromatic rings. The van der Waals surface area contributed by atoms with Crippen molar-refractivity contribution in [3.05, 3.63) is 58.4 Å². The first-order chi connectivity index (χ1) is 10.7. The SMILES string of the molecule is Cc1ccc(NC(=S)Nc2ccc(Cl)cc2C(F)(F)F)cc1F. The highest BCUT2D eigenvalue weighted by molar-refractivity contribution is 7.80. The highest BCUT2D eigenvalue weighted by atomic mass is 35.5. The van der Waals surface area contributed by atoms with Crippen LogP contribution in [0.25, 0.3) is 0 Å². The third-order valence-corrected chi connectivity index (χ3v) is 3.40. The second kappa shape index (κ2) is 6.72. The quantitative estimate of drug-likeness (QED) is 0.536. The lowest BCUT2D eigenvalue weighted by atomic mass is 10.1. The van der Waals surface area contributed by atoms with Gasteiger partial charge in [0.25, 0.3) is 0 Å². The minimum atomic E-state index is -4.58. The number of anilines is 2. The van der Waals surface area contributed by atoms with E-state index in [0.29, 0.717) is 11.3 Å². The molecule has 2 aromatic carbocycles. The summed E-state index contributed by atoms with van der Waals surface area (Å²) in [5.41, 5.74) is -0.407. The van der Waals surface area contributed by atoms with E-state index in [9.17, 15) is 17.6 Å². The Balaban J connectivity index is 2.19. The Morgan fingerprint density at radius 2 is 1.78 bits per heavy atom. The molecule has 0 unspecified atom stereocenters. The number of aryl methyl sites for hydroxylation is 1. The van der Waals surface area contributed by atoms with Crippen molar-refractivity contribution in [2.45, 2.75) is 13.1 Å². The van der Waals surface area contributed by atoms with Crippen LogP contribution in [0.3, 0.4) is 0 Å². The summed E-state index contributed by atoms with van der Waals surface area (Å²) in [5.74, 6) is -0.444. The molecule has 0 aliphatic carbocycles. The van der Waals surface area contributed by atoms with E-state index in [1.807, 2.05) is 0 Å². The first-order valence-electron chi connectivity index (χ1n) is 6.38. The van der Waals surface area contributed by atoms with E-state index < -0.39 is 17.6 Å². The fourth-order valence-corrected chi connectivity index (χ4v) is 2.22. The van der Waals surface area contributed by atoms with Gasteiger partial charge in [-0.05, 0) is 55.0 Å². The van der Waals surface area contributed by atoms with Crippen LogP contribution in [-0.4, -0.2) is 5.11 Å². The summed E-state index contributed by atoms with van der Waals surface area (Å²) in [7, 11) is 0. The summed E-state index contributed by atoms with van der Waals surface area (Å²) in [4.78, 5) is 0. The minimum absolute atomic E-state index is 0.0395. The van der Waals surface area contributed by atoms with Crippen LogP contribution in [0.1, 0.15) is 11.1 Å². The topological polar surface area (TPSA) is 24.1 Å². The number of benzene rings is 2. The molecule has 0 saturated carbocycles. The maximum Gasteiger partial charge on any atom is 0.418 e. The lowest BCUT2D eigenvalue weighted by molar-refractivity contribution is -0.136. The molecular weight excluding hydrogens is 352 g/mol. The Kier molecular flexibility index (Phi) is 5.11. The monoisotopic (exact) mass is 362 g/mol. The molecule has 0 heterocycles. The summed E-state index contributed by atoms with van der Waals surface area (Å²) < 4.78 is 52.4. The van der Waals surface area contributed by atoms with E-state index in [0.717, 1.165) is 6.07 Å². The third-order valence-electron chi connectivity index (χ3n) is 2.96. The van der Waals surface area contributed by atoms with Gasteiger partial charge >= 0.3 is 6.18 Å². The Morgan fingerprint density at radius 1 is 1.09 bits per heavy atom. The fourth-order valence-electron chi connectivity index (χ4n) is 1.82. The summed E-state index contributed by atoms with van der Waals surface area (Å²) in [6, 6.07) is 7.60. The number of alkyl halides is 3. The lowest BCUT2D eigenvalue weighted by Crippen LogP contribution is -2.21. The maximum atomic E-state index is 13.5. The fraction of sp³-hybridized carbons (Fsp3) is 0.133. The first-order valence-corrected chi connectivity index (χ1v) is 7.16. The lowest BCUT2D eigenvalue weighted by Gasteiger charge is -2.16. The Labute approximate surface area is 140 Å². The second-order valence-corrected chi connectivity index (χ2v) is 5.58. The van der Waals surface area contributed by atoms with Crippen LogP contribution in [0.5, 0.6) is 0 Å². The zero-order valence-electron chi connectivity index (χ0n) is 11.8. The average molecular weight is 363 g/mol. The largest absolute Gasteiger partial charge is 0.418 e. The molecule has 0 spiro atoms. The summed E-state index contributed by atoms with van der Waals surface area (Å²) in [6.45, 7) is 1.60. The molecule has 0 atom stereocenters. The Hall–Kier alpha value is -1.86. The summed E-state index contributed by atoms with van der Waals surface area (Å²) >= 11 is 10.6. The second-order valence-electron chi connectivity index (χ2n) is 4.73. The van der Waals surface area contributed by atoms with Gasteiger partial charge < -0.3 is 10.6 Å². The highest BCUT2D eigenvalue weighted by Crippen LogP contribution is 2.36. The maximum absolute atomic E-state index is 13.5. The standard InChI is InChI=1S/C15H11ClF4N2S/c1-8-2-4-10(7-12(8)17)21-14(23)22-13-5-3-9(16)6-11(13)15(18,19)20/h2-7H,1H3,(H2,21,22,23). The normalized spacial score (nSPS) is 11.2. The van der Waals surface area contributed by atoms with Crippen molar-refractivity contribution in [3.63, 3.8) is 0 Å². The molecule has 0 aliphatic rings. The van der Waals surface area contributed by atoms with Crippen molar-refractivity contribution >= 4 is 40.3 Å². The van der Waals surface area contributed by atoms with Crippen LogP contribution in [0.15, 0.2) is 36.4 Å². The zero-order chi connectivity index (χ0) is 17.2. The molecule has 2 nitrogen and oxygen atoms in total. The Morgan fingerprint density at radius 3 is 2.39 bits per heavy atom. The highest BCUT2D eigenvalue weighted by Gasteiger charge is 2.34. The van der Waals surface area contributed by atoms with Gasteiger partial charge in [0.15, 0.2) is 5.11 Å². The Bertz CT molecular complexity index is 747.